The van der Waals surface area contributed by atoms with E-state index in [9.17, 15) is 19.2 Å². The SMILES string of the molecule is COC(=O)N[C@H](C(=O)N1CCC[C@H]1c1ncc(C#CC#Cc2ccc(-c3ccc(-c4cnc([C@@H]5CCCN5C(=O)[C@@H](NC(=O)OC)C(C)C)[nH]4)s3)s2)[nH]1)C(C)C. The van der Waals surface area contributed by atoms with Gasteiger partial charge in [-0.15, -0.1) is 22.7 Å². The summed E-state index contributed by atoms with van der Waals surface area (Å²) in [4.78, 5) is 74.3. The van der Waals surface area contributed by atoms with E-state index in [-0.39, 0.29) is 35.7 Å². The lowest BCUT2D eigenvalue weighted by atomic mass is 10.0. The fraction of sp³-hybridized carbons (Fsp3) is 0.450. The molecule has 4 amide bonds. The molecule has 4 atom stereocenters. The molecule has 16 heteroatoms. The molecule has 14 nitrogen and oxygen atoms in total. The second-order valence-corrected chi connectivity index (χ2v) is 16.5. The molecule has 0 saturated carbocycles. The highest BCUT2D eigenvalue weighted by molar-refractivity contribution is 7.24. The van der Waals surface area contributed by atoms with Crippen LogP contribution in [-0.2, 0) is 19.1 Å². The number of hydrogen-bond donors (Lipinski definition) is 4. The highest BCUT2D eigenvalue weighted by Crippen LogP contribution is 2.39. The summed E-state index contributed by atoms with van der Waals surface area (Å²) in [6.45, 7) is 8.73. The van der Waals surface area contributed by atoms with Crippen molar-refractivity contribution in [1.29, 1.82) is 0 Å². The molecule has 0 aromatic carbocycles. The second-order valence-electron chi connectivity index (χ2n) is 14.3. The van der Waals surface area contributed by atoms with E-state index in [4.69, 9.17) is 9.47 Å². The molecule has 0 spiro atoms. The summed E-state index contributed by atoms with van der Waals surface area (Å²) in [5.74, 6) is 12.9. The lowest BCUT2D eigenvalue weighted by Gasteiger charge is -2.30. The van der Waals surface area contributed by atoms with Crippen molar-refractivity contribution in [3.05, 3.63) is 58.9 Å². The van der Waals surface area contributed by atoms with Gasteiger partial charge in [-0.25, -0.2) is 19.6 Å². The molecule has 56 heavy (non-hydrogen) atoms. The Morgan fingerprint density at radius 1 is 0.732 bits per heavy atom. The van der Waals surface area contributed by atoms with Crippen molar-refractivity contribution in [2.75, 3.05) is 27.3 Å². The number of nitrogens with zero attached hydrogens (tertiary/aromatic N) is 4. The van der Waals surface area contributed by atoms with E-state index in [1.807, 2.05) is 46.0 Å². The Morgan fingerprint density at radius 3 is 1.84 bits per heavy atom. The maximum Gasteiger partial charge on any atom is 0.407 e. The average Bonchev–Trinajstić information content (AvgIpc) is 4.02. The number of nitrogens with one attached hydrogen (secondary N) is 4. The van der Waals surface area contributed by atoms with Gasteiger partial charge in [-0.1, -0.05) is 27.7 Å². The van der Waals surface area contributed by atoms with Crippen LogP contribution in [0.5, 0.6) is 0 Å². The number of aromatic amines is 2. The average molecular weight is 799 g/mol. The van der Waals surface area contributed by atoms with E-state index >= 15 is 0 Å². The van der Waals surface area contributed by atoms with Gasteiger partial charge in [0.05, 0.1) is 54.1 Å². The minimum atomic E-state index is -0.701. The van der Waals surface area contributed by atoms with Gasteiger partial charge in [0.25, 0.3) is 0 Å². The van der Waals surface area contributed by atoms with Crippen molar-refractivity contribution in [1.82, 2.24) is 40.4 Å². The van der Waals surface area contributed by atoms with E-state index < -0.39 is 24.3 Å². The number of carbonyl (C=O) groups is 4. The van der Waals surface area contributed by atoms with Crippen LogP contribution in [-0.4, -0.2) is 93.1 Å². The predicted octanol–water partition coefficient (Wildman–Crippen LogP) is 6.08. The molecule has 2 saturated heterocycles. The number of aromatic nitrogens is 4. The van der Waals surface area contributed by atoms with Crippen LogP contribution in [0, 0.1) is 35.5 Å². The predicted molar refractivity (Wildman–Crippen MR) is 213 cm³/mol. The van der Waals surface area contributed by atoms with Crippen LogP contribution in [0.2, 0.25) is 0 Å². The number of alkyl carbamates (subject to hydrolysis) is 2. The fourth-order valence-electron chi connectivity index (χ4n) is 6.93. The molecule has 2 aliphatic heterocycles. The molecule has 6 heterocycles. The number of thiophene rings is 2. The van der Waals surface area contributed by atoms with E-state index in [1.165, 1.54) is 14.2 Å². The molecule has 6 rings (SSSR count). The summed E-state index contributed by atoms with van der Waals surface area (Å²) < 4.78 is 9.47. The summed E-state index contributed by atoms with van der Waals surface area (Å²) in [5, 5.41) is 5.36. The van der Waals surface area contributed by atoms with Crippen LogP contribution in [0.25, 0.3) is 20.3 Å². The van der Waals surface area contributed by atoms with Gasteiger partial charge in [0, 0.05) is 22.8 Å². The molecule has 4 aromatic heterocycles. The van der Waals surface area contributed by atoms with Gasteiger partial charge < -0.3 is 39.9 Å². The Balaban J connectivity index is 1.07. The van der Waals surface area contributed by atoms with Gasteiger partial charge in [-0.2, -0.15) is 0 Å². The van der Waals surface area contributed by atoms with Gasteiger partial charge in [0.2, 0.25) is 11.8 Å². The summed E-state index contributed by atoms with van der Waals surface area (Å²) in [5.41, 5.74) is 1.48. The van der Waals surface area contributed by atoms with Gasteiger partial charge in [-0.3, -0.25) is 9.59 Å². The molecule has 4 aromatic rings. The van der Waals surface area contributed by atoms with Crippen molar-refractivity contribution >= 4 is 46.7 Å². The normalized spacial score (nSPS) is 17.5. The summed E-state index contributed by atoms with van der Waals surface area (Å²) in [6.07, 6.45) is 5.40. The van der Waals surface area contributed by atoms with Crippen LogP contribution in [0.3, 0.4) is 0 Å². The minimum Gasteiger partial charge on any atom is -0.453 e. The monoisotopic (exact) mass is 798 g/mol. The van der Waals surface area contributed by atoms with E-state index in [1.54, 1.807) is 38.7 Å². The van der Waals surface area contributed by atoms with E-state index in [0.717, 1.165) is 56.7 Å². The maximum atomic E-state index is 13.5. The van der Waals surface area contributed by atoms with Crippen molar-refractivity contribution in [3.63, 3.8) is 0 Å². The van der Waals surface area contributed by atoms with Gasteiger partial charge in [-0.05, 0) is 85.5 Å². The first kappa shape index (κ1) is 40.1. The van der Waals surface area contributed by atoms with Crippen molar-refractivity contribution in [3.8, 4) is 44.0 Å². The van der Waals surface area contributed by atoms with Crippen LogP contribution >= 0.6 is 22.7 Å². The highest BCUT2D eigenvalue weighted by atomic mass is 32.1. The van der Waals surface area contributed by atoms with Crippen LogP contribution < -0.4 is 10.6 Å². The van der Waals surface area contributed by atoms with Crippen molar-refractivity contribution in [2.24, 2.45) is 11.8 Å². The number of methoxy groups -OCH3 is 2. The minimum absolute atomic E-state index is 0.106. The molecule has 0 unspecified atom stereocenters. The first-order valence-corrected chi connectivity index (χ1v) is 20.2. The Hall–Kier alpha value is -5.58. The molecular formula is C40H46N8O6S2. The number of H-pyrrole nitrogens is 2. The third-order valence-corrected chi connectivity index (χ3v) is 12.2. The zero-order valence-electron chi connectivity index (χ0n) is 32.2. The van der Waals surface area contributed by atoms with Gasteiger partial charge >= 0.3 is 12.2 Å². The number of hydrogen-bond acceptors (Lipinski definition) is 10. The molecule has 0 radical (unpaired) electrons. The zero-order chi connectivity index (χ0) is 39.9. The molecule has 0 bridgehead atoms. The van der Waals surface area contributed by atoms with Crippen LogP contribution in [0.1, 0.15) is 87.7 Å². The number of amides is 4. The Bertz CT molecular complexity index is 2180. The first-order valence-electron chi connectivity index (χ1n) is 18.6. The number of ether oxygens (including phenoxy) is 2. The van der Waals surface area contributed by atoms with Gasteiger partial charge in [0.15, 0.2) is 0 Å². The van der Waals surface area contributed by atoms with Crippen molar-refractivity contribution < 1.29 is 28.7 Å². The van der Waals surface area contributed by atoms with Crippen molar-refractivity contribution in [2.45, 2.75) is 77.5 Å². The third kappa shape index (κ3) is 9.09. The van der Waals surface area contributed by atoms with Crippen LogP contribution in [0.4, 0.5) is 9.59 Å². The lowest BCUT2D eigenvalue weighted by molar-refractivity contribution is -0.136. The Morgan fingerprint density at radius 2 is 1.25 bits per heavy atom. The number of rotatable bonds is 10. The number of carbonyl (C=O) groups excluding carboxylic acids is 4. The van der Waals surface area contributed by atoms with E-state index in [2.05, 4.69) is 66.4 Å². The Labute approximate surface area is 334 Å². The lowest BCUT2D eigenvalue weighted by Crippen LogP contribution is -2.51. The van der Waals surface area contributed by atoms with Gasteiger partial charge in [0.1, 0.15) is 29.4 Å². The third-order valence-electron chi connectivity index (χ3n) is 9.84. The number of likely N-dealkylation sites (tertiary alicyclic amines) is 2. The molecule has 4 N–H and O–H groups in total. The van der Waals surface area contributed by atoms with E-state index in [0.29, 0.717) is 24.6 Å². The number of imidazole rings is 2. The topological polar surface area (TPSA) is 175 Å². The largest absolute Gasteiger partial charge is 0.453 e. The smallest absolute Gasteiger partial charge is 0.407 e. The second kappa shape index (κ2) is 17.9. The Kier molecular flexibility index (Phi) is 12.8. The standard InChI is InChI=1S/C40H46N8O6S2/c1-23(2)33(45-39(51)53-5)37(49)47-19-9-13-28(47)35-41-21-25(43-35)11-7-8-12-26-15-16-31(55-26)32-18-17-30(56-32)27-22-42-36(44-27)29-14-10-20-48(29)38(50)34(24(3)4)46-40(52)54-6/h15-18,21-24,28-29,33-34H,9-10,13-14,19-20H2,1-6H3,(H,41,43)(H,42,44)(H,45,51)(H,46,52)/t28-,29-,33-,34-/m0/s1. The molecule has 294 valence electrons. The molecule has 2 fully saturated rings. The highest BCUT2D eigenvalue weighted by Gasteiger charge is 2.39. The quantitative estimate of drug-likeness (QED) is 0.140. The summed E-state index contributed by atoms with van der Waals surface area (Å²) >= 11 is 3.22. The summed E-state index contributed by atoms with van der Waals surface area (Å²) in [6, 6.07) is 6.33. The molecule has 0 aliphatic carbocycles. The zero-order valence-corrected chi connectivity index (χ0v) is 33.9. The first-order chi connectivity index (χ1) is 27.0. The fourth-order valence-corrected chi connectivity index (χ4v) is 8.85. The maximum absolute atomic E-state index is 13.5. The molecule has 2 aliphatic rings. The van der Waals surface area contributed by atoms with Crippen LogP contribution in [0.15, 0.2) is 36.7 Å². The summed E-state index contributed by atoms with van der Waals surface area (Å²) in [7, 11) is 2.56. The molecular weight excluding hydrogens is 753 g/mol.